The van der Waals surface area contributed by atoms with Crippen LogP contribution >= 0.6 is 11.8 Å². The number of alkyl halides is 1. The number of likely N-dealkylation sites (tertiary alicyclic amines) is 1. The van der Waals surface area contributed by atoms with E-state index in [1.807, 2.05) is 30.1 Å². The summed E-state index contributed by atoms with van der Waals surface area (Å²) in [4.78, 5) is 25.7. The Kier molecular flexibility index (Phi) is 6.72. The Labute approximate surface area is 174 Å². The van der Waals surface area contributed by atoms with Gasteiger partial charge in [-0.15, -0.1) is 4.73 Å². The van der Waals surface area contributed by atoms with Crippen LogP contribution in [0.3, 0.4) is 0 Å². The molecule has 0 aliphatic carbocycles. The maximum absolute atomic E-state index is 14.4. The molecule has 29 heavy (non-hydrogen) atoms. The van der Waals surface area contributed by atoms with Crippen LogP contribution in [-0.2, 0) is 10.5 Å². The van der Waals surface area contributed by atoms with Crippen LogP contribution in [0.1, 0.15) is 25.1 Å². The van der Waals surface area contributed by atoms with Crippen LogP contribution in [0.4, 0.5) is 4.39 Å². The summed E-state index contributed by atoms with van der Waals surface area (Å²) >= 11 is 1.78. The van der Waals surface area contributed by atoms with Crippen molar-refractivity contribution in [1.82, 2.24) is 14.6 Å². The summed E-state index contributed by atoms with van der Waals surface area (Å²) in [7, 11) is 1.92. The van der Waals surface area contributed by atoms with Gasteiger partial charge in [-0.2, -0.15) is 11.8 Å². The van der Waals surface area contributed by atoms with Crippen molar-refractivity contribution in [3.05, 3.63) is 40.4 Å². The largest absolute Gasteiger partial charge is 0.409 e. The molecule has 0 radical (unpaired) electrons. The van der Waals surface area contributed by atoms with Gasteiger partial charge in [0, 0.05) is 30.9 Å². The monoisotopic (exact) mass is 421 g/mol. The van der Waals surface area contributed by atoms with Crippen LogP contribution in [-0.4, -0.2) is 66.0 Å². The number of aromatic nitrogens is 2. The first-order valence-corrected chi connectivity index (χ1v) is 11.3. The number of piperidine rings is 1. The molecule has 0 saturated carbocycles. The van der Waals surface area contributed by atoms with Crippen LogP contribution in [0.15, 0.2) is 29.1 Å². The zero-order valence-corrected chi connectivity index (χ0v) is 17.6. The molecule has 0 amide bonds. The molecule has 0 unspecified atom stereocenters. The van der Waals surface area contributed by atoms with Crippen molar-refractivity contribution < 1.29 is 14.0 Å². The molecular formula is C21H28FN3O3S. The van der Waals surface area contributed by atoms with Gasteiger partial charge >= 0.3 is 0 Å². The van der Waals surface area contributed by atoms with Crippen LogP contribution in [0.25, 0.3) is 10.9 Å². The van der Waals surface area contributed by atoms with E-state index in [4.69, 9.17) is 14.6 Å². The molecule has 1 aromatic carbocycles. The SMILES string of the molecule is CN1CC[C@@H](COn2c(CSC3CCOCC3)nc3ccccc3c2=O)[C@H](F)C1. The quantitative estimate of drug-likeness (QED) is 0.715. The van der Waals surface area contributed by atoms with Crippen LogP contribution in [0, 0.1) is 5.92 Å². The smallest absolute Gasteiger partial charge is 0.294 e. The number of fused-ring (bicyclic) bond motifs is 1. The average molecular weight is 422 g/mol. The van der Waals surface area contributed by atoms with Gasteiger partial charge in [0.05, 0.1) is 16.7 Å². The lowest BCUT2D eigenvalue weighted by atomic mass is 9.96. The summed E-state index contributed by atoms with van der Waals surface area (Å²) in [5.74, 6) is 0.964. The highest BCUT2D eigenvalue weighted by atomic mass is 32.2. The Bertz CT molecular complexity index is 887. The Balaban J connectivity index is 1.54. The summed E-state index contributed by atoms with van der Waals surface area (Å²) in [6.45, 7) is 2.99. The minimum Gasteiger partial charge on any atom is -0.409 e. The minimum atomic E-state index is -0.946. The van der Waals surface area contributed by atoms with Crippen molar-refractivity contribution in [3.63, 3.8) is 0 Å². The third-order valence-electron chi connectivity index (χ3n) is 5.72. The first kappa shape index (κ1) is 20.6. The lowest BCUT2D eigenvalue weighted by Crippen LogP contribution is -2.43. The molecule has 0 N–H and O–H groups in total. The normalized spacial score (nSPS) is 24.1. The number of hydrogen-bond donors (Lipinski definition) is 0. The van der Waals surface area contributed by atoms with Crippen molar-refractivity contribution >= 4 is 22.7 Å². The van der Waals surface area contributed by atoms with E-state index < -0.39 is 6.17 Å². The van der Waals surface area contributed by atoms with E-state index in [1.165, 1.54) is 4.73 Å². The van der Waals surface area contributed by atoms with E-state index in [1.54, 1.807) is 17.8 Å². The standard InChI is InChI=1S/C21H28FN3O3S/c1-24-9-6-15(18(22)12-24)13-28-25-20(14-29-16-7-10-27-11-8-16)23-19-5-3-2-4-17(19)21(25)26/h2-5,15-16,18H,6-14H2,1H3/t15-,18+/m0/s1. The van der Waals surface area contributed by atoms with E-state index >= 15 is 0 Å². The number of benzene rings is 1. The molecule has 2 aliphatic rings. The number of thioether (sulfide) groups is 1. The molecule has 3 heterocycles. The third-order valence-corrected chi connectivity index (χ3v) is 7.08. The highest BCUT2D eigenvalue weighted by molar-refractivity contribution is 7.99. The molecule has 6 nitrogen and oxygen atoms in total. The summed E-state index contributed by atoms with van der Waals surface area (Å²) in [5, 5.41) is 1.01. The fourth-order valence-electron chi connectivity index (χ4n) is 3.89. The summed E-state index contributed by atoms with van der Waals surface area (Å²) in [6.07, 6.45) is 1.78. The van der Waals surface area contributed by atoms with Crippen LogP contribution in [0.2, 0.25) is 0 Å². The Morgan fingerprint density at radius 2 is 2.07 bits per heavy atom. The molecule has 1 aromatic heterocycles. The molecule has 2 aromatic rings. The first-order valence-electron chi connectivity index (χ1n) is 10.3. The lowest BCUT2D eigenvalue weighted by molar-refractivity contribution is 0.00988. The Morgan fingerprint density at radius 1 is 1.28 bits per heavy atom. The van der Waals surface area contributed by atoms with Gasteiger partial charge in [-0.05, 0) is 45.0 Å². The Morgan fingerprint density at radius 3 is 2.86 bits per heavy atom. The van der Waals surface area contributed by atoms with E-state index in [-0.39, 0.29) is 18.1 Å². The first-order chi connectivity index (χ1) is 14.1. The highest BCUT2D eigenvalue weighted by Crippen LogP contribution is 2.25. The molecule has 4 rings (SSSR count). The molecule has 0 bridgehead atoms. The number of para-hydroxylation sites is 1. The molecule has 8 heteroatoms. The van der Waals surface area contributed by atoms with Gasteiger partial charge in [-0.25, -0.2) is 9.37 Å². The minimum absolute atomic E-state index is 0.184. The zero-order valence-electron chi connectivity index (χ0n) is 16.8. The summed E-state index contributed by atoms with van der Waals surface area (Å²) in [5.41, 5.74) is 0.448. The maximum atomic E-state index is 14.4. The van der Waals surface area contributed by atoms with Crippen molar-refractivity contribution in [2.24, 2.45) is 5.92 Å². The van der Waals surface area contributed by atoms with E-state index in [0.29, 0.717) is 34.3 Å². The number of hydrogen-bond acceptors (Lipinski definition) is 6. The summed E-state index contributed by atoms with van der Waals surface area (Å²) < 4.78 is 21.1. The zero-order chi connectivity index (χ0) is 20.2. The topological polar surface area (TPSA) is 56.6 Å². The Hall–Kier alpha value is -1.64. The number of ether oxygens (including phenoxy) is 1. The average Bonchev–Trinajstić information content (AvgIpc) is 2.74. The fourth-order valence-corrected chi connectivity index (χ4v) is 4.98. The second kappa shape index (κ2) is 9.45. The fraction of sp³-hybridized carbons (Fsp3) is 0.619. The molecule has 2 aliphatic heterocycles. The molecule has 2 saturated heterocycles. The highest BCUT2D eigenvalue weighted by Gasteiger charge is 2.29. The molecule has 0 spiro atoms. The van der Waals surface area contributed by atoms with Crippen LogP contribution < -0.4 is 10.4 Å². The van der Waals surface area contributed by atoms with E-state index in [2.05, 4.69) is 0 Å². The number of nitrogens with zero attached hydrogens (tertiary/aromatic N) is 3. The number of rotatable bonds is 6. The summed E-state index contributed by atoms with van der Waals surface area (Å²) in [6, 6.07) is 7.30. The third kappa shape index (κ3) is 4.92. The van der Waals surface area contributed by atoms with Crippen molar-refractivity contribution in [1.29, 1.82) is 0 Å². The molecule has 158 valence electrons. The predicted octanol–water partition coefficient (Wildman–Crippen LogP) is 2.53. The molecule has 2 fully saturated rings. The molecular weight excluding hydrogens is 393 g/mol. The van der Waals surface area contributed by atoms with Gasteiger partial charge in [0.25, 0.3) is 5.56 Å². The van der Waals surface area contributed by atoms with E-state index in [0.717, 1.165) is 39.0 Å². The van der Waals surface area contributed by atoms with Crippen molar-refractivity contribution in [3.8, 4) is 0 Å². The van der Waals surface area contributed by atoms with Gasteiger partial charge in [0.2, 0.25) is 0 Å². The number of halogens is 1. The predicted molar refractivity (Wildman–Crippen MR) is 113 cm³/mol. The van der Waals surface area contributed by atoms with Gasteiger partial charge in [0.1, 0.15) is 12.8 Å². The molecule has 2 atom stereocenters. The lowest BCUT2D eigenvalue weighted by Gasteiger charge is -2.32. The van der Waals surface area contributed by atoms with E-state index in [9.17, 15) is 9.18 Å². The van der Waals surface area contributed by atoms with Crippen LogP contribution in [0.5, 0.6) is 0 Å². The maximum Gasteiger partial charge on any atom is 0.294 e. The second-order valence-corrected chi connectivity index (χ2v) is 9.18. The van der Waals surface area contributed by atoms with Gasteiger partial charge in [-0.1, -0.05) is 12.1 Å². The van der Waals surface area contributed by atoms with Crippen molar-refractivity contribution in [2.45, 2.75) is 36.4 Å². The van der Waals surface area contributed by atoms with Crippen molar-refractivity contribution in [2.75, 3.05) is 40.0 Å². The van der Waals surface area contributed by atoms with Gasteiger partial charge in [0.15, 0.2) is 5.82 Å². The second-order valence-electron chi connectivity index (χ2n) is 7.89. The van der Waals surface area contributed by atoms with Gasteiger partial charge < -0.3 is 14.5 Å². The van der Waals surface area contributed by atoms with Gasteiger partial charge in [-0.3, -0.25) is 4.79 Å².